The second kappa shape index (κ2) is 55.1. The van der Waals surface area contributed by atoms with Crippen LogP contribution in [-0.2, 0) is 23.9 Å². The van der Waals surface area contributed by atoms with Gasteiger partial charge < -0.3 is 38.7 Å². The molecule has 3 heterocycles. The highest BCUT2D eigenvalue weighted by molar-refractivity contribution is 6.02. The predicted molar refractivity (Wildman–Crippen MR) is 391 cm³/mol. The van der Waals surface area contributed by atoms with Crippen LogP contribution in [0.25, 0.3) is 11.2 Å². The first-order valence-electron chi connectivity index (χ1n) is 39.7. The van der Waals surface area contributed by atoms with E-state index >= 15 is 0 Å². The van der Waals surface area contributed by atoms with Gasteiger partial charge in [-0.2, -0.15) is 0 Å². The number of aromatic nitrogens is 4. The van der Waals surface area contributed by atoms with Crippen molar-refractivity contribution in [2.75, 3.05) is 38.7 Å². The van der Waals surface area contributed by atoms with Crippen LogP contribution in [0.1, 0.15) is 385 Å². The fourth-order valence-electron chi connectivity index (χ4n) is 13.2. The number of esters is 1. The highest BCUT2D eigenvalue weighted by Crippen LogP contribution is 2.41. The van der Waals surface area contributed by atoms with Gasteiger partial charge in [0.1, 0.15) is 24.4 Å². The quantitative estimate of drug-likeness (QED) is 0.0419. The smallest absolute Gasteiger partial charge is 0.306 e. The van der Waals surface area contributed by atoms with Gasteiger partial charge in [0.15, 0.2) is 28.5 Å². The van der Waals surface area contributed by atoms with Crippen LogP contribution in [0.4, 0.5) is 5.82 Å². The average molecular weight is 1330 g/mol. The molecular weight excluding hydrogens is 1190 g/mol. The molecule has 3 atom stereocenters. The summed E-state index contributed by atoms with van der Waals surface area (Å²) in [5.41, 5.74) is 1.13. The van der Waals surface area contributed by atoms with Crippen molar-refractivity contribution in [3.8, 4) is 17.2 Å². The lowest BCUT2D eigenvalue weighted by atomic mass is 10.0. The number of nitrogens with one attached hydrogen (secondary N) is 1. The SMILES string of the molecule is CCCCCCCCCCCCCCCCCCOc1cc(C(=O)N(C)CC(=O)Nc2ncnc3c2ncn3[C@H]2C[C@@H](OC(=O)CCC(C)=O)[C@@H](CC)O2)cc(OCCCCCCCCCCCCCCCCCC)c1OCCCCCCCCCCCCCCCCCC. The summed E-state index contributed by atoms with van der Waals surface area (Å²) in [5.74, 6) is 0.412. The van der Waals surface area contributed by atoms with E-state index in [9.17, 15) is 19.2 Å². The normalized spacial score (nSPS) is 14.6. The van der Waals surface area contributed by atoms with Crippen LogP contribution >= 0.6 is 0 Å². The molecule has 1 saturated heterocycles. The second-order valence-corrected chi connectivity index (χ2v) is 28.0. The number of ketones is 1. The molecule has 1 fully saturated rings. The van der Waals surface area contributed by atoms with Gasteiger partial charge in [-0.25, -0.2) is 15.0 Å². The van der Waals surface area contributed by atoms with Crippen molar-refractivity contribution in [3.63, 3.8) is 0 Å². The average Bonchev–Trinajstić information content (AvgIpc) is 1.68. The van der Waals surface area contributed by atoms with E-state index < -0.39 is 24.2 Å². The van der Waals surface area contributed by atoms with E-state index in [1.54, 1.807) is 30.1 Å². The zero-order valence-electron chi connectivity index (χ0n) is 61.5. The summed E-state index contributed by atoms with van der Waals surface area (Å²) >= 11 is 0. The van der Waals surface area contributed by atoms with E-state index in [4.69, 9.17) is 23.7 Å². The van der Waals surface area contributed by atoms with Crippen LogP contribution in [0.5, 0.6) is 17.2 Å². The first-order chi connectivity index (χ1) is 46.6. The Morgan fingerprint density at radius 2 is 0.884 bits per heavy atom. The van der Waals surface area contributed by atoms with Crippen LogP contribution in [0.2, 0.25) is 0 Å². The van der Waals surface area contributed by atoms with Crippen molar-refractivity contribution in [3.05, 3.63) is 30.4 Å². The topological polar surface area (TPSA) is 173 Å². The Labute approximate surface area is 578 Å². The third-order valence-electron chi connectivity index (χ3n) is 19.2. The third-order valence-corrected chi connectivity index (χ3v) is 19.2. The molecule has 0 bridgehead atoms. The molecule has 15 heteroatoms. The van der Waals surface area contributed by atoms with Gasteiger partial charge in [0.2, 0.25) is 11.7 Å². The number of anilines is 1. The zero-order valence-corrected chi connectivity index (χ0v) is 61.5. The number of amides is 2. The zero-order chi connectivity index (χ0) is 68.0. The molecule has 2 amide bonds. The highest BCUT2D eigenvalue weighted by atomic mass is 16.6. The van der Waals surface area contributed by atoms with Crippen molar-refractivity contribution < 1.29 is 42.9 Å². The highest BCUT2D eigenvalue weighted by Gasteiger charge is 2.39. The van der Waals surface area contributed by atoms with Crippen LogP contribution in [0.3, 0.4) is 0 Å². The number of fused-ring (bicyclic) bond motifs is 1. The maximum Gasteiger partial charge on any atom is 0.306 e. The second-order valence-electron chi connectivity index (χ2n) is 28.0. The first kappa shape index (κ1) is 82.6. The molecule has 15 nitrogen and oxygen atoms in total. The van der Waals surface area contributed by atoms with Gasteiger partial charge in [0.05, 0.1) is 45.2 Å². The Morgan fingerprint density at radius 1 is 0.505 bits per heavy atom. The van der Waals surface area contributed by atoms with E-state index in [0.717, 1.165) is 38.5 Å². The number of hydrogen-bond donors (Lipinski definition) is 1. The number of carbonyl (C=O) groups excluding carboxylic acids is 4. The Kier molecular flexibility index (Phi) is 48.0. The number of carbonyl (C=O) groups is 4. The number of likely N-dealkylation sites (N-methyl/N-ethyl adjacent to an activating group) is 1. The van der Waals surface area contributed by atoms with Gasteiger partial charge in [-0.15, -0.1) is 0 Å². The van der Waals surface area contributed by atoms with Crippen LogP contribution in [0, 0.1) is 0 Å². The van der Waals surface area contributed by atoms with Gasteiger partial charge in [-0.1, -0.05) is 317 Å². The van der Waals surface area contributed by atoms with Crippen molar-refractivity contribution in [1.29, 1.82) is 0 Å². The van der Waals surface area contributed by atoms with Crippen LogP contribution in [-0.4, -0.2) is 93.6 Å². The number of nitrogens with zero attached hydrogens (tertiary/aromatic N) is 5. The number of Topliss-reactive ketones (excluding diaryl/α,β-unsaturated/α-hetero) is 1. The van der Waals surface area contributed by atoms with E-state index in [1.807, 2.05) is 6.92 Å². The molecule has 95 heavy (non-hydrogen) atoms. The van der Waals surface area contributed by atoms with E-state index in [2.05, 4.69) is 41.0 Å². The molecule has 0 unspecified atom stereocenters. The Bertz CT molecular complexity index is 2370. The number of benzene rings is 1. The van der Waals surface area contributed by atoms with Gasteiger partial charge in [0, 0.05) is 25.5 Å². The number of ether oxygens (including phenoxy) is 5. The largest absolute Gasteiger partial charge is 0.490 e. The third kappa shape index (κ3) is 37.7. The van der Waals surface area contributed by atoms with Gasteiger partial charge in [-0.05, 0) is 44.7 Å². The van der Waals surface area contributed by atoms with Crippen molar-refractivity contribution in [2.24, 2.45) is 0 Å². The monoisotopic (exact) mass is 1330 g/mol. The van der Waals surface area contributed by atoms with E-state index in [0.29, 0.717) is 66.6 Å². The van der Waals surface area contributed by atoms with Crippen molar-refractivity contribution in [2.45, 2.75) is 387 Å². The van der Waals surface area contributed by atoms with Crippen molar-refractivity contribution >= 4 is 40.5 Å². The van der Waals surface area contributed by atoms with E-state index in [1.165, 1.54) is 288 Å². The molecule has 0 spiro atoms. The molecular formula is C80H138N6O9. The number of hydrogen-bond acceptors (Lipinski definition) is 12. The summed E-state index contributed by atoms with van der Waals surface area (Å²) in [6.45, 7) is 11.5. The van der Waals surface area contributed by atoms with Crippen LogP contribution in [0.15, 0.2) is 24.8 Å². The Hall–Kier alpha value is -4.79. The summed E-state index contributed by atoms with van der Waals surface area (Å²) in [4.78, 5) is 67.5. The summed E-state index contributed by atoms with van der Waals surface area (Å²) < 4.78 is 33.9. The number of unbranched alkanes of at least 4 members (excludes halogenated alkanes) is 45. The molecule has 0 saturated carbocycles. The minimum absolute atomic E-state index is 0.0169. The molecule has 4 rings (SSSR count). The lowest BCUT2D eigenvalue weighted by Gasteiger charge is -2.21. The van der Waals surface area contributed by atoms with Crippen molar-refractivity contribution in [1.82, 2.24) is 24.4 Å². The maximum atomic E-state index is 14.6. The Morgan fingerprint density at radius 3 is 1.26 bits per heavy atom. The fraction of sp³-hybridized carbons (Fsp3) is 0.812. The summed E-state index contributed by atoms with van der Waals surface area (Å²) in [6.07, 6.45) is 64.8. The van der Waals surface area contributed by atoms with Gasteiger partial charge in [0.25, 0.3) is 5.91 Å². The lowest BCUT2D eigenvalue weighted by Crippen LogP contribution is -2.35. The number of rotatable bonds is 64. The molecule has 0 radical (unpaired) electrons. The molecule has 1 aliphatic heterocycles. The molecule has 1 aliphatic rings. The first-order valence-corrected chi connectivity index (χ1v) is 39.7. The summed E-state index contributed by atoms with van der Waals surface area (Å²) in [6, 6.07) is 3.56. The minimum Gasteiger partial charge on any atom is -0.490 e. The van der Waals surface area contributed by atoms with E-state index in [-0.39, 0.29) is 43.0 Å². The molecule has 1 aromatic carbocycles. The van der Waals surface area contributed by atoms with Crippen LogP contribution < -0.4 is 19.5 Å². The lowest BCUT2D eigenvalue weighted by molar-refractivity contribution is -0.152. The summed E-state index contributed by atoms with van der Waals surface area (Å²) in [5, 5.41) is 2.88. The Balaban J connectivity index is 1.39. The fourth-order valence-corrected chi connectivity index (χ4v) is 13.2. The molecule has 542 valence electrons. The number of imidazole rings is 1. The maximum absolute atomic E-state index is 14.6. The standard InChI is InChI=1S/C80H138N6O9/c1-7-11-14-17-20-23-26-29-32-35-38-41-44-47-50-53-58-91-71-61-68(80(90)85(6)64-73(88)84-78-76-79(82-65-81-78)86(66-83-76)74-63-70(69(10-4)94-74)95-75(89)57-56-67(5)87)62-72(92-59-54-51-48-45-42-39-36-33-30-27-24-21-18-15-12-8-2)77(71)93-60-55-52-49-46-43-40-37-34-31-28-25-22-19-16-13-9-3/h61-62,65-66,69-70,74H,7-60,63-64H2,1-6H3,(H,81,82,84,88)/t69-,70-,74-/m1/s1. The minimum atomic E-state index is -0.543. The molecule has 1 N–H and O–H groups in total. The molecule has 2 aromatic heterocycles. The van der Waals surface area contributed by atoms with Gasteiger partial charge >= 0.3 is 5.97 Å². The summed E-state index contributed by atoms with van der Waals surface area (Å²) in [7, 11) is 1.62. The predicted octanol–water partition coefficient (Wildman–Crippen LogP) is 22.4. The van der Waals surface area contributed by atoms with Gasteiger partial charge in [-0.3, -0.25) is 19.0 Å². The molecule has 3 aromatic rings. The molecule has 0 aliphatic carbocycles.